The second kappa shape index (κ2) is 5.83. The molecule has 0 radical (unpaired) electrons. The maximum absolute atomic E-state index is 12.8. The van der Waals surface area contributed by atoms with Crippen LogP contribution in [0.3, 0.4) is 0 Å². The smallest absolute Gasteiger partial charge is 0.251 e. The van der Waals surface area contributed by atoms with Gasteiger partial charge >= 0.3 is 0 Å². The Morgan fingerprint density at radius 1 is 1.14 bits per heavy atom. The second-order valence-electron chi connectivity index (χ2n) is 4.71. The third kappa shape index (κ3) is 3.13. The van der Waals surface area contributed by atoms with Crippen molar-refractivity contribution in [1.29, 1.82) is 0 Å². The highest BCUT2D eigenvalue weighted by molar-refractivity contribution is 5.94. The lowest BCUT2D eigenvalue weighted by atomic mass is 10.2. The molecule has 3 rings (SSSR count). The number of hydrogen-bond acceptors (Lipinski definition) is 3. The van der Waals surface area contributed by atoms with Gasteiger partial charge in [-0.15, -0.1) is 0 Å². The van der Waals surface area contributed by atoms with Crippen molar-refractivity contribution in [3.63, 3.8) is 0 Å². The summed E-state index contributed by atoms with van der Waals surface area (Å²) in [4.78, 5) is 11.9. The Balaban J connectivity index is 1.56. The molecule has 0 saturated heterocycles. The highest BCUT2D eigenvalue weighted by atomic mass is 19.1. The van der Waals surface area contributed by atoms with Crippen LogP contribution < -0.4 is 14.8 Å². The molecule has 0 spiro atoms. The summed E-state index contributed by atoms with van der Waals surface area (Å²) in [6, 6.07) is 12.8. The minimum Gasteiger partial charge on any atom is -0.486 e. The molecule has 21 heavy (non-hydrogen) atoms. The standard InChI is InChI=1S/C16H14FNO3/c17-12-7-5-11(6-8-12)16(19)18-9-13-10-20-14-3-1-2-4-15(14)21-13/h1-8,13H,9-10H2,(H,18,19)/t13-/m1/s1. The first-order valence-corrected chi connectivity index (χ1v) is 6.64. The van der Waals surface area contributed by atoms with Gasteiger partial charge in [-0.3, -0.25) is 4.79 Å². The van der Waals surface area contributed by atoms with Crippen molar-refractivity contribution in [2.24, 2.45) is 0 Å². The molecule has 1 N–H and O–H groups in total. The van der Waals surface area contributed by atoms with Crippen molar-refractivity contribution in [1.82, 2.24) is 5.32 Å². The van der Waals surface area contributed by atoms with Crippen molar-refractivity contribution >= 4 is 5.91 Å². The van der Waals surface area contributed by atoms with Crippen LogP contribution in [-0.2, 0) is 0 Å². The summed E-state index contributed by atoms with van der Waals surface area (Å²) in [7, 11) is 0. The largest absolute Gasteiger partial charge is 0.486 e. The zero-order valence-electron chi connectivity index (χ0n) is 11.2. The van der Waals surface area contributed by atoms with E-state index in [1.807, 2.05) is 24.3 Å². The van der Waals surface area contributed by atoms with Crippen LogP contribution in [0.1, 0.15) is 10.4 Å². The fraction of sp³-hybridized carbons (Fsp3) is 0.188. The van der Waals surface area contributed by atoms with Gasteiger partial charge in [-0.1, -0.05) is 12.1 Å². The third-order valence-electron chi connectivity index (χ3n) is 3.16. The zero-order valence-corrected chi connectivity index (χ0v) is 11.2. The number of para-hydroxylation sites is 2. The van der Waals surface area contributed by atoms with E-state index in [2.05, 4.69) is 5.32 Å². The predicted molar refractivity (Wildman–Crippen MR) is 75.1 cm³/mol. The Hall–Kier alpha value is -2.56. The van der Waals surface area contributed by atoms with E-state index < -0.39 is 0 Å². The van der Waals surface area contributed by atoms with Crippen molar-refractivity contribution in [2.45, 2.75) is 6.10 Å². The number of rotatable bonds is 3. The highest BCUT2D eigenvalue weighted by Gasteiger charge is 2.21. The molecule has 4 nitrogen and oxygen atoms in total. The summed E-state index contributed by atoms with van der Waals surface area (Å²) < 4.78 is 24.1. The maximum atomic E-state index is 12.8. The molecule has 0 saturated carbocycles. The molecule has 2 aromatic carbocycles. The van der Waals surface area contributed by atoms with Crippen LogP contribution in [0.15, 0.2) is 48.5 Å². The van der Waals surface area contributed by atoms with Gasteiger partial charge in [0.25, 0.3) is 5.91 Å². The molecule has 1 aliphatic rings. The molecule has 1 heterocycles. The molecule has 0 aromatic heterocycles. The second-order valence-corrected chi connectivity index (χ2v) is 4.71. The Morgan fingerprint density at radius 3 is 2.62 bits per heavy atom. The van der Waals surface area contributed by atoms with E-state index in [9.17, 15) is 9.18 Å². The van der Waals surface area contributed by atoms with Gasteiger partial charge in [-0.2, -0.15) is 0 Å². The van der Waals surface area contributed by atoms with Crippen LogP contribution in [0.2, 0.25) is 0 Å². The average molecular weight is 287 g/mol. The lowest BCUT2D eigenvalue weighted by Crippen LogP contribution is -2.40. The fourth-order valence-corrected chi connectivity index (χ4v) is 2.07. The first kappa shape index (κ1) is 13.4. The summed E-state index contributed by atoms with van der Waals surface area (Å²) in [6.07, 6.45) is -0.246. The molecule has 0 aliphatic carbocycles. The average Bonchev–Trinajstić information content (AvgIpc) is 2.53. The van der Waals surface area contributed by atoms with Crippen LogP contribution in [-0.4, -0.2) is 25.2 Å². The van der Waals surface area contributed by atoms with Crippen LogP contribution in [0.5, 0.6) is 11.5 Å². The molecule has 1 amide bonds. The van der Waals surface area contributed by atoms with Crippen molar-refractivity contribution < 1.29 is 18.7 Å². The molecule has 1 aliphatic heterocycles. The minimum atomic E-state index is -0.368. The van der Waals surface area contributed by atoms with Gasteiger partial charge in [0.1, 0.15) is 18.5 Å². The van der Waals surface area contributed by atoms with E-state index in [0.717, 1.165) is 0 Å². The molecular formula is C16H14FNO3. The molecule has 0 bridgehead atoms. The SMILES string of the molecule is O=C(NC[C@@H]1COc2ccccc2O1)c1ccc(F)cc1. The summed E-state index contributed by atoms with van der Waals surface area (Å²) in [5.74, 6) is 0.744. The normalized spacial score (nSPS) is 16.3. The monoisotopic (exact) mass is 287 g/mol. The van der Waals surface area contributed by atoms with Gasteiger partial charge in [-0.05, 0) is 36.4 Å². The summed E-state index contributed by atoms with van der Waals surface area (Å²) in [5.41, 5.74) is 0.411. The van der Waals surface area contributed by atoms with Crippen LogP contribution in [0.25, 0.3) is 0 Å². The molecule has 1 atom stereocenters. The van der Waals surface area contributed by atoms with Crippen molar-refractivity contribution in [3.8, 4) is 11.5 Å². The summed E-state index contributed by atoms with van der Waals surface area (Å²) in [5, 5.41) is 2.75. The number of fused-ring (bicyclic) bond motifs is 1. The molecule has 0 unspecified atom stereocenters. The number of halogens is 1. The third-order valence-corrected chi connectivity index (χ3v) is 3.16. The summed E-state index contributed by atoms with van der Waals surface area (Å²) in [6.45, 7) is 0.700. The Bertz CT molecular complexity index is 642. The molecule has 5 heteroatoms. The maximum Gasteiger partial charge on any atom is 0.251 e. The fourth-order valence-electron chi connectivity index (χ4n) is 2.07. The van der Waals surface area contributed by atoms with Gasteiger partial charge in [-0.25, -0.2) is 4.39 Å². The quantitative estimate of drug-likeness (QED) is 0.943. The number of benzene rings is 2. The number of ether oxygens (including phenoxy) is 2. The molecule has 108 valence electrons. The van der Waals surface area contributed by atoms with E-state index in [1.165, 1.54) is 24.3 Å². The van der Waals surface area contributed by atoms with Crippen LogP contribution >= 0.6 is 0 Å². The van der Waals surface area contributed by atoms with Gasteiger partial charge in [0.2, 0.25) is 0 Å². The number of amides is 1. The first-order chi connectivity index (χ1) is 10.2. The van der Waals surface area contributed by atoms with E-state index in [1.54, 1.807) is 0 Å². The summed E-state index contributed by atoms with van der Waals surface area (Å²) >= 11 is 0. The number of carbonyl (C=O) groups excluding carboxylic acids is 1. The zero-order chi connectivity index (χ0) is 14.7. The van der Waals surface area contributed by atoms with E-state index in [-0.39, 0.29) is 17.8 Å². The van der Waals surface area contributed by atoms with E-state index >= 15 is 0 Å². The van der Waals surface area contributed by atoms with Gasteiger partial charge < -0.3 is 14.8 Å². The highest BCUT2D eigenvalue weighted by Crippen LogP contribution is 2.30. The topological polar surface area (TPSA) is 47.6 Å². The molecule has 2 aromatic rings. The minimum absolute atomic E-state index is 0.246. The van der Waals surface area contributed by atoms with E-state index in [0.29, 0.717) is 30.2 Å². The van der Waals surface area contributed by atoms with Gasteiger partial charge in [0.15, 0.2) is 11.5 Å². The predicted octanol–water partition coefficient (Wildman–Crippen LogP) is 2.40. The van der Waals surface area contributed by atoms with E-state index in [4.69, 9.17) is 9.47 Å². The van der Waals surface area contributed by atoms with Gasteiger partial charge in [0.05, 0.1) is 6.54 Å². The number of nitrogens with one attached hydrogen (secondary N) is 1. The lowest BCUT2D eigenvalue weighted by molar-refractivity contribution is 0.0789. The van der Waals surface area contributed by atoms with Crippen molar-refractivity contribution in [2.75, 3.05) is 13.2 Å². The lowest BCUT2D eigenvalue weighted by Gasteiger charge is -2.26. The first-order valence-electron chi connectivity index (χ1n) is 6.64. The number of hydrogen-bond donors (Lipinski definition) is 1. The Morgan fingerprint density at radius 2 is 1.86 bits per heavy atom. The van der Waals surface area contributed by atoms with Crippen molar-refractivity contribution in [3.05, 3.63) is 59.9 Å². The Kier molecular flexibility index (Phi) is 3.73. The van der Waals surface area contributed by atoms with Crippen LogP contribution in [0, 0.1) is 5.82 Å². The molecular weight excluding hydrogens is 273 g/mol. The van der Waals surface area contributed by atoms with Gasteiger partial charge in [0, 0.05) is 5.56 Å². The number of carbonyl (C=O) groups is 1. The Labute approximate surface area is 121 Å². The molecule has 0 fully saturated rings. The van der Waals surface area contributed by atoms with Crippen LogP contribution in [0.4, 0.5) is 4.39 Å².